The van der Waals surface area contributed by atoms with Crippen molar-refractivity contribution in [2.75, 3.05) is 46.7 Å². The summed E-state index contributed by atoms with van der Waals surface area (Å²) in [7, 11) is 0. The van der Waals surface area contributed by atoms with Gasteiger partial charge in [-0.1, -0.05) is 30.3 Å². The first-order chi connectivity index (χ1) is 20.8. The van der Waals surface area contributed by atoms with Gasteiger partial charge in [-0.05, 0) is 48.6 Å². The number of amides is 1. The van der Waals surface area contributed by atoms with Crippen molar-refractivity contribution < 1.29 is 15.0 Å². The number of anilines is 5. The van der Waals surface area contributed by atoms with Crippen molar-refractivity contribution in [3.8, 4) is 5.75 Å². The Kier molecular flexibility index (Phi) is 7.95. The summed E-state index contributed by atoms with van der Waals surface area (Å²) in [6.07, 6.45) is 1.35. The Morgan fingerprint density at radius 1 is 0.837 bits per heavy atom. The molecule has 1 aromatic heterocycles. The van der Waals surface area contributed by atoms with Crippen molar-refractivity contribution in [2.24, 2.45) is 17.2 Å². The largest absolute Gasteiger partial charge is 0.506 e. The smallest absolute Gasteiger partial charge is 0.259 e. The quantitative estimate of drug-likeness (QED) is 0.165. The molecule has 1 amide bonds. The fraction of sp³-hybridized carbons (Fsp3) is 0.333. The van der Waals surface area contributed by atoms with E-state index in [0.29, 0.717) is 60.7 Å². The number of rotatable bonds is 7. The number of fused-ring (bicyclic) bond motifs is 1. The van der Waals surface area contributed by atoms with E-state index in [2.05, 4.69) is 20.6 Å². The summed E-state index contributed by atoms with van der Waals surface area (Å²) in [4.78, 5) is 30.9. The number of carbonyl (C=O) groups is 1. The van der Waals surface area contributed by atoms with Gasteiger partial charge >= 0.3 is 0 Å². The molecule has 0 radical (unpaired) electrons. The summed E-state index contributed by atoms with van der Waals surface area (Å²) in [6.45, 7) is 1.55. The number of carbonyl (C=O) groups excluding carboxylic acids is 1. The summed E-state index contributed by atoms with van der Waals surface area (Å²) >= 11 is 0. The van der Waals surface area contributed by atoms with Gasteiger partial charge in [0.15, 0.2) is 0 Å². The number of aromatic nitrogens is 3. The van der Waals surface area contributed by atoms with Crippen LogP contribution >= 0.6 is 0 Å². The molecule has 0 spiro atoms. The number of piperidine rings is 1. The minimum absolute atomic E-state index is 0.0617. The number of aliphatic hydroxyl groups is 1. The number of hydrogen-bond acceptors (Lipinski definition) is 12. The molecule has 10 N–H and O–H groups in total. The maximum atomic E-state index is 13.0. The van der Waals surface area contributed by atoms with Crippen molar-refractivity contribution in [1.82, 2.24) is 15.0 Å². The number of benzene rings is 3. The maximum Gasteiger partial charge on any atom is 0.259 e. The van der Waals surface area contributed by atoms with Gasteiger partial charge in [0.05, 0.1) is 18.2 Å². The first kappa shape index (κ1) is 28.6. The molecule has 2 aliphatic rings. The van der Waals surface area contributed by atoms with Crippen LogP contribution in [0.5, 0.6) is 5.75 Å². The summed E-state index contributed by atoms with van der Waals surface area (Å²) in [5.41, 5.74) is 20.1. The number of nitrogens with zero attached hydrogens (tertiary/aromatic N) is 5. The third-order valence-electron chi connectivity index (χ3n) is 7.87. The lowest BCUT2D eigenvalue weighted by Crippen LogP contribution is -2.53. The standard InChI is InChI=1S/C30H36N10O3/c31-18-11-19(32)14-39(13-18)29-36-28(37-30(38-29)40-15-20(33)12-23(40)16-41)35-22-8-6-21(7-9-22)34-27(43)25-10-5-17-3-1-2-4-24(17)26(25)42/h1-10,18-20,23,41-42H,11-16,31-33H2,(H,34,43)(H,35,36,37,38)/t18-,19+,20-,23-/m0/s1. The predicted octanol–water partition coefficient (Wildman–Crippen LogP) is 1.49. The molecule has 4 aromatic rings. The average Bonchev–Trinajstić information content (AvgIpc) is 3.38. The second-order valence-corrected chi connectivity index (χ2v) is 11.2. The minimum atomic E-state index is -0.420. The van der Waals surface area contributed by atoms with E-state index in [1.165, 1.54) is 0 Å². The first-order valence-electron chi connectivity index (χ1n) is 14.3. The van der Waals surface area contributed by atoms with Crippen molar-refractivity contribution in [3.05, 3.63) is 66.2 Å². The van der Waals surface area contributed by atoms with Gasteiger partial charge in [0, 0.05) is 54.5 Å². The number of aromatic hydroxyl groups is 1. The van der Waals surface area contributed by atoms with Crippen LogP contribution in [0.15, 0.2) is 60.7 Å². The van der Waals surface area contributed by atoms with Gasteiger partial charge in [0.2, 0.25) is 17.8 Å². The molecule has 0 aliphatic carbocycles. The molecule has 3 aromatic carbocycles. The van der Waals surface area contributed by atoms with E-state index in [1.807, 2.05) is 28.0 Å². The van der Waals surface area contributed by atoms with Crippen LogP contribution in [0.25, 0.3) is 10.8 Å². The highest BCUT2D eigenvalue weighted by atomic mass is 16.3. The van der Waals surface area contributed by atoms with Crippen molar-refractivity contribution in [2.45, 2.75) is 37.0 Å². The highest BCUT2D eigenvalue weighted by Gasteiger charge is 2.33. The highest BCUT2D eigenvalue weighted by Crippen LogP contribution is 2.30. The molecule has 4 atom stereocenters. The van der Waals surface area contributed by atoms with Crippen molar-refractivity contribution in [3.63, 3.8) is 0 Å². The summed E-state index contributed by atoms with van der Waals surface area (Å²) in [6, 6.07) is 17.3. The Morgan fingerprint density at radius 2 is 1.51 bits per heavy atom. The average molecular weight is 585 g/mol. The number of hydrogen-bond donors (Lipinski definition) is 7. The van der Waals surface area contributed by atoms with Crippen LogP contribution in [-0.2, 0) is 0 Å². The Morgan fingerprint density at radius 3 is 2.26 bits per heavy atom. The molecule has 6 rings (SSSR count). The van der Waals surface area contributed by atoms with E-state index < -0.39 is 5.91 Å². The third-order valence-corrected chi connectivity index (χ3v) is 7.87. The molecule has 2 fully saturated rings. The van der Waals surface area contributed by atoms with Crippen molar-refractivity contribution >= 4 is 45.9 Å². The number of phenols is 1. The van der Waals surface area contributed by atoms with E-state index in [0.717, 1.165) is 11.8 Å². The zero-order chi connectivity index (χ0) is 30.1. The molecule has 0 bridgehead atoms. The van der Waals surface area contributed by atoms with Gasteiger partial charge in [0.1, 0.15) is 5.75 Å². The Hall–Kier alpha value is -4.56. The SMILES string of the molecule is N[C@@H]1C[C@H](N)CN(c2nc(Nc3ccc(NC(=O)c4ccc5ccccc5c4O)cc3)nc(N3C[C@@H](N)C[C@H]3CO)n2)C1. The summed E-state index contributed by atoms with van der Waals surface area (Å²) < 4.78 is 0. The molecule has 0 saturated carbocycles. The highest BCUT2D eigenvalue weighted by molar-refractivity contribution is 6.09. The summed E-state index contributed by atoms with van der Waals surface area (Å²) in [5, 5.41) is 28.2. The number of phenolic OH excluding ortho intramolecular Hbond substituents is 1. The van der Waals surface area contributed by atoms with Crippen LogP contribution in [-0.4, -0.2) is 81.5 Å². The molecule has 13 nitrogen and oxygen atoms in total. The molecule has 43 heavy (non-hydrogen) atoms. The van der Waals surface area contributed by atoms with E-state index in [-0.39, 0.29) is 42.1 Å². The van der Waals surface area contributed by atoms with Crippen LogP contribution in [0.4, 0.5) is 29.2 Å². The van der Waals surface area contributed by atoms with Gasteiger partial charge in [-0.15, -0.1) is 0 Å². The second kappa shape index (κ2) is 12.0. The van der Waals surface area contributed by atoms with Gasteiger partial charge in [0.25, 0.3) is 5.91 Å². The van der Waals surface area contributed by atoms with Crippen molar-refractivity contribution in [1.29, 1.82) is 0 Å². The lowest BCUT2D eigenvalue weighted by Gasteiger charge is -2.35. The number of aliphatic hydroxyl groups excluding tert-OH is 1. The van der Waals surface area contributed by atoms with Gasteiger partial charge in [-0.3, -0.25) is 4.79 Å². The molecule has 3 heterocycles. The number of nitrogens with one attached hydrogen (secondary N) is 2. The number of nitrogens with two attached hydrogens (primary N) is 3. The van der Waals surface area contributed by atoms with E-state index in [9.17, 15) is 15.0 Å². The lowest BCUT2D eigenvalue weighted by molar-refractivity contribution is 0.102. The van der Waals surface area contributed by atoms with E-state index >= 15 is 0 Å². The Bertz CT molecular complexity index is 1610. The maximum absolute atomic E-state index is 13.0. The topological polar surface area (TPSA) is 205 Å². The fourth-order valence-corrected chi connectivity index (χ4v) is 5.80. The molecule has 224 valence electrons. The van der Waals surface area contributed by atoms with Crippen LogP contribution in [0.1, 0.15) is 23.2 Å². The molecule has 2 saturated heterocycles. The third kappa shape index (κ3) is 6.15. The normalized spacial score (nSPS) is 22.1. The van der Waals surface area contributed by atoms with Crippen LogP contribution in [0, 0.1) is 0 Å². The minimum Gasteiger partial charge on any atom is -0.506 e. The first-order valence-corrected chi connectivity index (χ1v) is 14.3. The molecular weight excluding hydrogens is 548 g/mol. The fourth-order valence-electron chi connectivity index (χ4n) is 5.80. The van der Waals surface area contributed by atoms with Crippen LogP contribution in [0.2, 0.25) is 0 Å². The Labute approximate surface area is 248 Å². The monoisotopic (exact) mass is 584 g/mol. The van der Waals surface area contributed by atoms with E-state index in [1.54, 1.807) is 42.5 Å². The second-order valence-electron chi connectivity index (χ2n) is 11.2. The van der Waals surface area contributed by atoms with Crippen LogP contribution in [0.3, 0.4) is 0 Å². The Balaban J connectivity index is 1.22. The van der Waals surface area contributed by atoms with E-state index in [4.69, 9.17) is 22.2 Å². The van der Waals surface area contributed by atoms with Gasteiger partial charge < -0.3 is 47.8 Å². The van der Waals surface area contributed by atoms with Gasteiger partial charge in [-0.2, -0.15) is 15.0 Å². The summed E-state index contributed by atoms with van der Waals surface area (Å²) in [5.74, 6) is 0.674. The van der Waals surface area contributed by atoms with Crippen LogP contribution < -0.4 is 37.6 Å². The lowest BCUT2D eigenvalue weighted by atomic mass is 10.0. The molecule has 13 heteroatoms. The predicted molar refractivity (Wildman–Crippen MR) is 167 cm³/mol. The zero-order valence-corrected chi connectivity index (χ0v) is 23.6. The zero-order valence-electron chi connectivity index (χ0n) is 23.6. The molecule has 2 aliphatic heterocycles. The molecular formula is C30H36N10O3. The molecule has 0 unspecified atom stereocenters. The van der Waals surface area contributed by atoms with Gasteiger partial charge in [-0.25, -0.2) is 0 Å².